The van der Waals surface area contributed by atoms with Crippen LogP contribution in [0.4, 0.5) is 21.8 Å². The van der Waals surface area contributed by atoms with Gasteiger partial charge in [-0.1, -0.05) is 115 Å². The molecular weight excluding hydrogens is 1370 g/mol. The molecule has 0 bridgehead atoms. The number of pyridine rings is 3. The molecule has 26 heteroatoms. The molecule has 0 unspecified atom stereocenters. The van der Waals surface area contributed by atoms with E-state index in [9.17, 15) is 0 Å². The number of fused-ring (bicyclic) bond motifs is 3. The molecule has 12 rings (SSSR count). The number of nitrogens with two attached hydrogens (primary N) is 3. The van der Waals surface area contributed by atoms with E-state index in [-0.39, 0.29) is 39.5 Å². The number of aryl methyl sites for hydroxylation is 2. The Balaban J connectivity index is 0.000000160. The predicted molar refractivity (Wildman–Crippen MR) is 394 cm³/mol. The van der Waals surface area contributed by atoms with Gasteiger partial charge in [0.15, 0.2) is 38.7 Å². The summed E-state index contributed by atoms with van der Waals surface area (Å²) in [6, 6.07) is 17.0. The Kier molecular flexibility index (Phi) is 22.0. The van der Waals surface area contributed by atoms with Crippen molar-refractivity contribution in [2.45, 2.75) is 100 Å². The van der Waals surface area contributed by atoms with Crippen molar-refractivity contribution >= 4 is 109 Å². The van der Waals surface area contributed by atoms with Crippen molar-refractivity contribution in [3.63, 3.8) is 0 Å². The van der Waals surface area contributed by atoms with E-state index in [1.54, 1.807) is 66.0 Å². The number of hydrogen-bond acceptors (Lipinski definition) is 16. The fourth-order valence-electron chi connectivity index (χ4n) is 11.6. The lowest BCUT2D eigenvalue weighted by Gasteiger charge is -2.23. The van der Waals surface area contributed by atoms with Crippen molar-refractivity contribution in [3.8, 4) is 50.6 Å². The summed E-state index contributed by atoms with van der Waals surface area (Å²) < 4.78 is 39.7. The first-order valence-electron chi connectivity index (χ1n) is 31.3. The van der Waals surface area contributed by atoms with Gasteiger partial charge in [-0.05, 0) is 103 Å². The highest BCUT2D eigenvalue weighted by molar-refractivity contribution is 6.35. The van der Waals surface area contributed by atoms with Crippen LogP contribution < -0.4 is 31.4 Å². The number of benzene rings is 3. The minimum atomic E-state index is -0.594. The van der Waals surface area contributed by atoms with Crippen LogP contribution in [0.5, 0.6) is 17.2 Å². The first-order valence-corrected chi connectivity index (χ1v) is 33.6. The zero-order valence-electron chi connectivity index (χ0n) is 56.2. The Bertz CT molecular complexity index is 4770. The van der Waals surface area contributed by atoms with Crippen LogP contribution >= 0.6 is 69.6 Å². The van der Waals surface area contributed by atoms with E-state index in [4.69, 9.17) is 101 Å². The van der Waals surface area contributed by atoms with E-state index >= 15 is 4.39 Å². The quantitative estimate of drug-likeness (QED) is 0.0768. The maximum Gasteiger partial charge on any atom is 0.158 e. The lowest BCUT2D eigenvalue weighted by molar-refractivity contribution is 0.239. The second kappa shape index (κ2) is 30.0. The van der Waals surface area contributed by atoms with Crippen LogP contribution in [-0.2, 0) is 0 Å². The molecule has 0 saturated carbocycles. The highest BCUT2D eigenvalue weighted by Gasteiger charge is 2.31. The first kappa shape index (κ1) is 71.7. The molecule has 12 aromatic rings. The number of anilines is 3. The predicted octanol–water partition coefficient (Wildman–Crippen LogP) is 18.0. The zero-order chi connectivity index (χ0) is 70.9. The number of imidazole rings is 3. The van der Waals surface area contributed by atoms with Gasteiger partial charge < -0.3 is 36.3 Å². The Morgan fingerprint density at radius 3 is 1.20 bits per heavy atom. The highest BCUT2D eigenvalue weighted by Crippen LogP contribution is 2.48. The third kappa shape index (κ3) is 14.2. The van der Waals surface area contributed by atoms with E-state index in [0.717, 1.165) is 84.7 Å². The Labute approximate surface area is 597 Å². The van der Waals surface area contributed by atoms with Crippen molar-refractivity contribution in [1.82, 2.24) is 63.0 Å². The van der Waals surface area contributed by atoms with Crippen LogP contribution in [0, 0.1) is 33.5 Å². The second-order valence-electron chi connectivity index (χ2n) is 23.7. The van der Waals surface area contributed by atoms with E-state index in [0.29, 0.717) is 90.1 Å². The summed E-state index contributed by atoms with van der Waals surface area (Å²) in [7, 11) is 3.76. The minimum Gasteiger partial charge on any atom is -0.493 e. The summed E-state index contributed by atoms with van der Waals surface area (Å²) in [4.78, 5) is 41.3. The third-order valence-corrected chi connectivity index (χ3v) is 18.5. The molecule has 508 valence electrons. The molecule has 0 spiro atoms. The van der Waals surface area contributed by atoms with E-state index in [1.165, 1.54) is 0 Å². The number of ether oxygens (including phenoxy) is 3. The molecule has 19 nitrogen and oxygen atoms in total. The van der Waals surface area contributed by atoms with Gasteiger partial charge in [0.25, 0.3) is 0 Å². The smallest absolute Gasteiger partial charge is 0.158 e. The van der Waals surface area contributed by atoms with Gasteiger partial charge in [-0.3, -0.25) is 28.2 Å². The van der Waals surface area contributed by atoms with Crippen molar-refractivity contribution in [2.24, 2.45) is 0 Å². The topological polar surface area (TPSA) is 238 Å². The summed E-state index contributed by atoms with van der Waals surface area (Å²) in [6.45, 7) is 26.6. The van der Waals surface area contributed by atoms with Crippen LogP contribution in [-0.4, -0.2) is 96.4 Å². The lowest BCUT2D eigenvalue weighted by Crippen LogP contribution is -2.13. The molecule has 0 saturated heterocycles. The van der Waals surface area contributed by atoms with Gasteiger partial charge in [0.05, 0.1) is 41.3 Å². The molecule has 3 aromatic carbocycles. The fraction of sp³-hybridized carbons (Fsp3) is 0.264. The molecule has 0 aliphatic heterocycles. The number of aromatic nitrogens is 12. The molecule has 0 amide bonds. The molecule has 0 fully saturated rings. The Hall–Kier alpha value is -9.02. The highest BCUT2D eigenvalue weighted by atomic mass is 35.5. The monoisotopic (exact) mass is 1440 g/mol. The standard InChI is InChI=1S/C26H27Cl2FN6O.2C23H23Cl2N5O/c1-13(2)36-23-17(14(3)26-33-24(28)22-25(30)31-9-10-35(22)26)11-18(27)21(29)20(23)16-7-8-19(32-12-16)15(4)34(5)6;2*1-5-31-20-16(10-17(24)14(4)18(20)15-7-6-12(2)28-11-15)13(3)23-29-21(25)19-22(26)27-8-9-30(19)23/h7-14H,4H2,1-3,5-6H3,(H2,30,31);2*6-11,13H,5H2,1-4H3,(H2,26,27)/t14-;2*13-/m010/s1. The van der Waals surface area contributed by atoms with Crippen molar-refractivity contribution in [1.29, 1.82) is 0 Å². The number of halogens is 7. The summed E-state index contributed by atoms with van der Waals surface area (Å²) >= 11 is 39.0. The van der Waals surface area contributed by atoms with Crippen LogP contribution in [0.15, 0.2) is 117 Å². The Morgan fingerprint density at radius 2 is 0.867 bits per heavy atom. The maximum atomic E-state index is 15.6. The Morgan fingerprint density at radius 1 is 0.510 bits per heavy atom. The zero-order valence-corrected chi connectivity index (χ0v) is 60.8. The van der Waals surface area contributed by atoms with Crippen LogP contribution in [0.2, 0.25) is 30.5 Å². The van der Waals surface area contributed by atoms with E-state index in [1.807, 2.05) is 153 Å². The molecule has 0 aliphatic rings. The average molecular weight is 1440 g/mol. The molecule has 0 aliphatic carbocycles. The van der Waals surface area contributed by atoms with E-state index < -0.39 is 11.7 Å². The molecule has 9 heterocycles. The van der Waals surface area contributed by atoms with Crippen LogP contribution in [0.3, 0.4) is 0 Å². The van der Waals surface area contributed by atoms with Gasteiger partial charge >= 0.3 is 0 Å². The molecule has 3 atom stereocenters. The SMILES string of the molecule is C=C(c1ccc(-c2c(F)c(Cl)cc([C@H](C)c3nc(Cl)c4c(N)nccn34)c2OC(C)C)cn1)N(C)C.CCOc1c([C@@H](C)c2nc(Cl)c3c(N)nccn23)cc(Cl)c(C)c1-c1ccc(C)nc1.CCOc1c([C@H](C)c2nc(Cl)c3c(N)nccn23)cc(Cl)c(C)c1-c1ccc(C)nc1. The van der Waals surface area contributed by atoms with Crippen molar-refractivity contribution < 1.29 is 18.6 Å². The number of nitrogen functional groups attached to an aromatic ring is 3. The number of rotatable bonds is 17. The van der Waals surface area contributed by atoms with Crippen LogP contribution in [0.25, 0.3) is 55.6 Å². The van der Waals surface area contributed by atoms with Gasteiger partial charge in [0.2, 0.25) is 0 Å². The molecule has 98 heavy (non-hydrogen) atoms. The van der Waals surface area contributed by atoms with Gasteiger partial charge in [-0.15, -0.1) is 0 Å². The van der Waals surface area contributed by atoms with E-state index in [2.05, 4.69) is 51.4 Å². The largest absolute Gasteiger partial charge is 0.493 e. The summed E-state index contributed by atoms with van der Waals surface area (Å²) in [5, 5.41) is 2.10. The van der Waals surface area contributed by atoms with Crippen molar-refractivity contribution in [3.05, 3.63) is 216 Å². The molecular formula is C72H73Cl6FN16O3. The van der Waals surface area contributed by atoms with Gasteiger partial charge in [-0.2, -0.15) is 0 Å². The summed E-state index contributed by atoms with van der Waals surface area (Å²) in [5.74, 6) is 3.49. The van der Waals surface area contributed by atoms with Crippen LogP contribution in [0.1, 0.15) is 129 Å². The number of hydrogen-bond donors (Lipinski definition) is 3. The lowest BCUT2D eigenvalue weighted by atomic mass is 9.91. The number of nitrogens with zero attached hydrogens (tertiary/aromatic N) is 13. The van der Waals surface area contributed by atoms with Gasteiger partial charge in [0, 0.05) is 154 Å². The average Bonchev–Trinajstić information content (AvgIpc) is 1.48. The fourth-order valence-corrected chi connectivity index (χ4v) is 13.1. The van der Waals surface area contributed by atoms with Gasteiger partial charge in [-0.25, -0.2) is 34.3 Å². The van der Waals surface area contributed by atoms with Crippen molar-refractivity contribution in [2.75, 3.05) is 44.5 Å². The molecule has 9 aromatic heterocycles. The first-order chi connectivity index (χ1) is 46.7. The van der Waals surface area contributed by atoms with Gasteiger partial charge in [0.1, 0.15) is 51.3 Å². The normalized spacial score (nSPS) is 12.3. The molecule has 0 radical (unpaired) electrons. The second-order valence-corrected chi connectivity index (χ2v) is 26.0. The molecule has 6 N–H and O–H groups in total. The summed E-state index contributed by atoms with van der Waals surface area (Å²) in [5.41, 5.74) is 31.9. The summed E-state index contributed by atoms with van der Waals surface area (Å²) in [6.07, 6.45) is 15.2. The maximum absolute atomic E-state index is 15.6. The third-order valence-electron chi connectivity index (χ3n) is 16.7. The minimum absolute atomic E-state index is 0.0436.